The van der Waals surface area contributed by atoms with Crippen molar-refractivity contribution in [2.45, 2.75) is 20.8 Å². The molecule has 0 aliphatic rings. The molecule has 202 valence electrons. The van der Waals surface area contributed by atoms with Gasteiger partial charge in [-0.05, 0) is 73.9 Å². The second kappa shape index (κ2) is 13.7. The minimum absolute atomic E-state index is 1.05. The summed E-state index contributed by atoms with van der Waals surface area (Å²) in [5, 5.41) is 4.87. The molecule has 0 aliphatic carbocycles. The van der Waals surface area contributed by atoms with E-state index in [1.807, 2.05) is 25.2 Å². The first-order chi connectivity index (χ1) is 20.1. The molecule has 41 heavy (non-hydrogen) atoms. The number of fused-ring (bicyclic) bond motifs is 1. The molecular weight excluding hydrogens is 496 g/mol. The van der Waals surface area contributed by atoms with Crippen LogP contribution in [0, 0.1) is 19.8 Å². The van der Waals surface area contributed by atoms with Gasteiger partial charge >= 0.3 is 0 Å². The fraction of sp³-hybridized carbons (Fsp3) is 0.0769. The van der Waals surface area contributed by atoms with Crippen LogP contribution < -0.4 is 5.32 Å². The quantitative estimate of drug-likeness (QED) is 0.155. The standard InChI is InChI=1S/C37H34N2.C2H2/c1-5-12-30(13-6-2)34-15-8-10-17-36(34)38-31-23-19-28(20-24-31)29-21-25-32(26-22-29)39-27(4)33(14-7-3)35-16-9-11-18-37(35)39;1-2/h5-26,38H,1H2,2-4H3;1-2H/b13-6-,14-7-,30-12+;. The highest BCUT2D eigenvalue weighted by molar-refractivity contribution is 5.92. The number of terminal acetylenes is 1. The summed E-state index contributed by atoms with van der Waals surface area (Å²) >= 11 is 0. The number of rotatable bonds is 8. The fourth-order valence-corrected chi connectivity index (χ4v) is 5.19. The number of nitrogens with one attached hydrogen (secondary N) is 1. The van der Waals surface area contributed by atoms with Crippen LogP contribution in [0.3, 0.4) is 0 Å². The number of nitrogens with zero attached hydrogens (tertiary/aromatic N) is 1. The van der Waals surface area contributed by atoms with Gasteiger partial charge in [-0.2, -0.15) is 0 Å². The van der Waals surface area contributed by atoms with E-state index in [0.717, 1.165) is 22.5 Å². The summed E-state index contributed by atoms with van der Waals surface area (Å²) < 4.78 is 2.35. The van der Waals surface area contributed by atoms with E-state index in [1.165, 1.54) is 39.0 Å². The third-order valence-electron chi connectivity index (χ3n) is 7.00. The van der Waals surface area contributed by atoms with Gasteiger partial charge in [0.1, 0.15) is 0 Å². The molecule has 1 aromatic heterocycles. The van der Waals surface area contributed by atoms with Crippen LogP contribution in [0.4, 0.5) is 11.4 Å². The molecule has 2 nitrogen and oxygen atoms in total. The van der Waals surface area contributed by atoms with Crippen LogP contribution in [0.5, 0.6) is 0 Å². The van der Waals surface area contributed by atoms with E-state index in [9.17, 15) is 0 Å². The smallest absolute Gasteiger partial charge is 0.0537 e. The predicted octanol–water partition coefficient (Wildman–Crippen LogP) is 10.8. The Hall–Kier alpha value is -5.26. The Balaban J connectivity index is 0.00000189. The zero-order valence-electron chi connectivity index (χ0n) is 24.0. The fourth-order valence-electron chi connectivity index (χ4n) is 5.19. The molecule has 0 saturated heterocycles. The third-order valence-corrected chi connectivity index (χ3v) is 7.00. The lowest BCUT2D eigenvalue weighted by molar-refractivity contribution is 1.05. The van der Waals surface area contributed by atoms with Crippen molar-refractivity contribution in [3.63, 3.8) is 0 Å². The number of anilines is 2. The summed E-state index contributed by atoms with van der Waals surface area (Å²) in [6.07, 6.45) is 20.3. The predicted molar refractivity (Wildman–Crippen MR) is 181 cm³/mol. The molecule has 0 fully saturated rings. The van der Waals surface area contributed by atoms with Gasteiger partial charge in [-0.3, -0.25) is 0 Å². The van der Waals surface area contributed by atoms with Crippen molar-refractivity contribution in [2.24, 2.45) is 0 Å². The summed E-state index contributed by atoms with van der Waals surface area (Å²) in [4.78, 5) is 0. The molecule has 5 rings (SSSR count). The highest BCUT2D eigenvalue weighted by Gasteiger charge is 2.13. The minimum atomic E-state index is 1.05. The van der Waals surface area contributed by atoms with E-state index in [0.29, 0.717) is 0 Å². The van der Waals surface area contributed by atoms with Crippen molar-refractivity contribution in [1.29, 1.82) is 0 Å². The topological polar surface area (TPSA) is 17.0 Å². The molecule has 0 saturated carbocycles. The second-order valence-electron chi connectivity index (χ2n) is 9.50. The van der Waals surface area contributed by atoms with Crippen LogP contribution in [-0.2, 0) is 0 Å². The number of aromatic nitrogens is 1. The zero-order valence-corrected chi connectivity index (χ0v) is 24.0. The van der Waals surface area contributed by atoms with E-state index in [1.54, 1.807) is 0 Å². The van der Waals surface area contributed by atoms with Gasteiger partial charge in [0.05, 0.1) is 5.52 Å². The third kappa shape index (κ3) is 6.16. The van der Waals surface area contributed by atoms with Gasteiger partial charge in [-0.1, -0.05) is 104 Å². The molecule has 0 atom stereocenters. The highest BCUT2D eigenvalue weighted by atomic mass is 15.0. The SMILES string of the molecule is C#C.C=C/C=C(\C=C/C)c1ccccc1Nc1ccc(-c2ccc(-n3c(C)c(/C=C\C)c4ccccc43)cc2)cc1. The first-order valence-electron chi connectivity index (χ1n) is 13.7. The van der Waals surface area contributed by atoms with Crippen LogP contribution in [0.1, 0.15) is 30.7 Å². The lowest BCUT2D eigenvalue weighted by Crippen LogP contribution is -1.97. The van der Waals surface area contributed by atoms with Crippen LogP contribution >= 0.6 is 0 Å². The van der Waals surface area contributed by atoms with E-state index < -0.39 is 0 Å². The summed E-state index contributed by atoms with van der Waals surface area (Å²) in [5.41, 5.74) is 11.7. The van der Waals surface area contributed by atoms with Crippen molar-refractivity contribution < 1.29 is 0 Å². The molecule has 5 aromatic rings. The van der Waals surface area contributed by atoms with Crippen molar-refractivity contribution in [3.8, 4) is 29.7 Å². The van der Waals surface area contributed by atoms with Crippen LogP contribution in [-0.4, -0.2) is 4.57 Å². The average Bonchev–Trinajstić information content (AvgIpc) is 3.30. The van der Waals surface area contributed by atoms with Crippen LogP contribution in [0.25, 0.3) is 39.4 Å². The van der Waals surface area contributed by atoms with Gasteiger partial charge in [0.2, 0.25) is 0 Å². The van der Waals surface area contributed by atoms with E-state index in [-0.39, 0.29) is 0 Å². The molecule has 0 unspecified atom stereocenters. The maximum absolute atomic E-state index is 4.00. The number of hydrogen-bond acceptors (Lipinski definition) is 1. The zero-order chi connectivity index (χ0) is 29.2. The number of para-hydroxylation sites is 2. The van der Waals surface area contributed by atoms with Crippen molar-refractivity contribution in [3.05, 3.63) is 151 Å². The molecule has 4 aromatic carbocycles. The first-order valence-corrected chi connectivity index (χ1v) is 13.7. The largest absolute Gasteiger partial charge is 0.355 e. The van der Waals surface area contributed by atoms with Crippen molar-refractivity contribution in [2.75, 3.05) is 5.32 Å². The molecule has 1 N–H and O–H groups in total. The van der Waals surface area contributed by atoms with Gasteiger partial charge < -0.3 is 9.88 Å². The number of allylic oxidation sites excluding steroid dienone is 6. The Labute approximate surface area is 244 Å². The Morgan fingerprint density at radius 3 is 2.07 bits per heavy atom. The summed E-state index contributed by atoms with van der Waals surface area (Å²) in [6, 6.07) is 34.4. The van der Waals surface area contributed by atoms with Gasteiger partial charge in [-0.15, -0.1) is 12.8 Å². The van der Waals surface area contributed by atoms with Gasteiger partial charge in [0.25, 0.3) is 0 Å². The number of benzene rings is 4. The van der Waals surface area contributed by atoms with Crippen LogP contribution in [0.15, 0.2) is 134 Å². The molecule has 0 spiro atoms. The first kappa shape index (κ1) is 28.7. The molecule has 2 heteroatoms. The second-order valence-corrected chi connectivity index (χ2v) is 9.50. The molecule has 0 radical (unpaired) electrons. The molecule has 0 aliphatic heterocycles. The minimum Gasteiger partial charge on any atom is -0.355 e. The molecule has 0 amide bonds. The van der Waals surface area contributed by atoms with Crippen LogP contribution in [0.2, 0.25) is 0 Å². The lowest BCUT2D eigenvalue weighted by Gasteiger charge is -2.14. The van der Waals surface area contributed by atoms with E-state index in [4.69, 9.17) is 0 Å². The van der Waals surface area contributed by atoms with Crippen molar-refractivity contribution in [1.82, 2.24) is 4.57 Å². The Morgan fingerprint density at radius 1 is 0.780 bits per heavy atom. The Morgan fingerprint density at radius 2 is 1.41 bits per heavy atom. The summed E-state index contributed by atoms with van der Waals surface area (Å²) in [7, 11) is 0. The Bertz CT molecular complexity index is 1740. The maximum atomic E-state index is 4.00. The highest BCUT2D eigenvalue weighted by Crippen LogP contribution is 2.32. The maximum Gasteiger partial charge on any atom is 0.0537 e. The van der Waals surface area contributed by atoms with Gasteiger partial charge in [0.15, 0.2) is 0 Å². The summed E-state index contributed by atoms with van der Waals surface area (Å²) in [5.74, 6) is 0. The normalized spacial score (nSPS) is 11.5. The van der Waals surface area contributed by atoms with Gasteiger partial charge in [-0.25, -0.2) is 0 Å². The molecule has 0 bridgehead atoms. The molecule has 1 heterocycles. The molecular formula is C39H36N2. The van der Waals surface area contributed by atoms with E-state index >= 15 is 0 Å². The van der Waals surface area contributed by atoms with Gasteiger partial charge in [0, 0.05) is 39.3 Å². The Kier molecular flexibility index (Phi) is 9.60. The monoisotopic (exact) mass is 532 g/mol. The van der Waals surface area contributed by atoms with E-state index in [2.05, 4.69) is 158 Å². The lowest BCUT2D eigenvalue weighted by atomic mass is 10.0. The average molecular weight is 533 g/mol. The summed E-state index contributed by atoms with van der Waals surface area (Å²) in [6.45, 7) is 10.2. The van der Waals surface area contributed by atoms with Crippen molar-refractivity contribution >= 4 is 33.9 Å². The number of hydrogen-bond donors (Lipinski definition) is 1.